The number of nitrogens with one attached hydrogen (secondary N) is 1. The van der Waals surface area contributed by atoms with Gasteiger partial charge in [0.05, 0.1) is 18.3 Å². The van der Waals surface area contributed by atoms with Gasteiger partial charge < -0.3 is 19.3 Å². The molecule has 1 fully saturated rings. The summed E-state index contributed by atoms with van der Waals surface area (Å²) in [6.07, 6.45) is -1.40. The van der Waals surface area contributed by atoms with E-state index in [1.54, 1.807) is 14.0 Å². The average Bonchev–Trinajstić information content (AvgIpc) is 2.86. The molecule has 0 amide bonds. The summed E-state index contributed by atoms with van der Waals surface area (Å²) in [6, 6.07) is 0. The fraction of sp³-hybridized carbons (Fsp3) is 0.750. The van der Waals surface area contributed by atoms with Crippen LogP contribution < -0.4 is 11.2 Å². The topological polar surface area (TPSA) is 103 Å². The van der Waals surface area contributed by atoms with Gasteiger partial charge in [0, 0.05) is 18.9 Å². The molecule has 1 saturated heterocycles. The van der Waals surface area contributed by atoms with Crippen LogP contribution in [-0.4, -0.2) is 52.3 Å². The number of methoxy groups -OCH3 is 1. The van der Waals surface area contributed by atoms with E-state index in [2.05, 4.69) is 4.98 Å². The van der Waals surface area contributed by atoms with Crippen molar-refractivity contribution in [2.45, 2.75) is 70.9 Å². The molecule has 1 aliphatic heterocycles. The Labute approximate surface area is 140 Å². The van der Waals surface area contributed by atoms with Crippen molar-refractivity contribution in [3.63, 3.8) is 0 Å². The lowest BCUT2D eigenvalue weighted by atomic mass is 10.1. The Morgan fingerprint density at radius 3 is 2.62 bits per heavy atom. The Morgan fingerprint density at radius 2 is 2.04 bits per heavy atom. The van der Waals surface area contributed by atoms with E-state index in [-0.39, 0.29) is 12.2 Å². The molecule has 0 aromatic carbocycles. The maximum atomic E-state index is 12.2. The third-order valence-corrected chi connectivity index (χ3v) is 4.54. The van der Waals surface area contributed by atoms with Crippen molar-refractivity contribution in [1.82, 2.24) is 9.55 Å². The van der Waals surface area contributed by atoms with Gasteiger partial charge in [0.1, 0.15) is 12.2 Å². The van der Waals surface area contributed by atoms with Crippen molar-refractivity contribution in [2.75, 3.05) is 7.11 Å². The highest BCUT2D eigenvalue weighted by Crippen LogP contribution is 2.33. The molecule has 24 heavy (non-hydrogen) atoms. The summed E-state index contributed by atoms with van der Waals surface area (Å²) in [5.74, 6) is 0. The number of nitrogens with zero attached hydrogens (tertiary/aromatic N) is 1. The molecule has 1 aromatic rings. The van der Waals surface area contributed by atoms with Crippen LogP contribution in [0.3, 0.4) is 0 Å². The van der Waals surface area contributed by atoms with Gasteiger partial charge in [-0.15, -0.1) is 0 Å². The zero-order chi connectivity index (χ0) is 18.0. The van der Waals surface area contributed by atoms with E-state index < -0.39 is 35.8 Å². The first kappa shape index (κ1) is 18.9. The highest BCUT2D eigenvalue weighted by molar-refractivity contribution is 5.03. The Kier molecular flexibility index (Phi) is 5.97. The van der Waals surface area contributed by atoms with Gasteiger partial charge in [0.2, 0.25) is 0 Å². The number of aliphatic hydroxyl groups is 1. The molecular formula is C16H26N2O6. The standard InChI is InChI=1S/C16H26N2O6/c1-6-11-12(19)13(23-10(4)9(3)22-5)15(24-11)18-7-8(2)14(20)17-16(18)21/h7,9-13,15,19H,6H2,1-5H3,(H,17,20,21)/t9-,10+,11+,12-,13?,15+/m0/s1. The molecule has 0 aliphatic carbocycles. The smallest absolute Gasteiger partial charge is 0.330 e. The number of hydrogen-bond acceptors (Lipinski definition) is 6. The molecule has 0 radical (unpaired) electrons. The number of aromatic nitrogens is 2. The van der Waals surface area contributed by atoms with Crippen LogP contribution in [0.5, 0.6) is 0 Å². The first-order valence-electron chi connectivity index (χ1n) is 8.14. The maximum Gasteiger partial charge on any atom is 0.330 e. The van der Waals surface area contributed by atoms with E-state index in [0.29, 0.717) is 12.0 Å². The van der Waals surface area contributed by atoms with Gasteiger partial charge in [-0.25, -0.2) is 4.79 Å². The van der Waals surface area contributed by atoms with Crippen LogP contribution in [0.2, 0.25) is 0 Å². The number of aliphatic hydroxyl groups excluding tert-OH is 1. The van der Waals surface area contributed by atoms with E-state index >= 15 is 0 Å². The summed E-state index contributed by atoms with van der Waals surface area (Å²) in [6.45, 7) is 7.17. The van der Waals surface area contributed by atoms with Crippen LogP contribution in [-0.2, 0) is 14.2 Å². The Bertz CT molecular complexity index is 669. The largest absolute Gasteiger partial charge is 0.388 e. The SMILES string of the molecule is CC[C@H]1O[C@@H](n2cc(C)c(=O)[nH]c2=O)C(O[C@H](C)[C@H](C)OC)[C@H]1O. The first-order valence-corrected chi connectivity index (χ1v) is 8.14. The molecule has 2 heterocycles. The lowest BCUT2D eigenvalue weighted by Gasteiger charge is -2.28. The molecule has 0 bridgehead atoms. The fourth-order valence-corrected chi connectivity index (χ4v) is 2.75. The van der Waals surface area contributed by atoms with E-state index in [1.165, 1.54) is 10.8 Å². The first-order chi connectivity index (χ1) is 11.3. The number of aryl methyl sites for hydroxylation is 1. The molecule has 1 unspecified atom stereocenters. The summed E-state index contributed by atoms with van der Waals surface area (Å²) in [5.41, 5.74) is -0.661. The lowest BCUT2D eigenvalue weighted by molar-refractivity contribution is -0.129. The Morgan fingerprint density at radius 1 is 1.38 bits per heavy atom. The summed E-state index contributed by atoms with van der Waals surface area (Å²) in [5, 5.41) is 10.5. The highest BCUT2D eigenvalue weighted by Gasteiger charge is 2.46. The molecule has 1 aromatic heterocycles. The van der Waals surface area contributed by atoms with E-state index in [4.69, 9.17) is 14.2 Å². The van der Waals surface area contributed by atoms with Crippen LogP contribution >= 0.6 is 0 Å². The van der Waals surface area contributed by atoms with Gasteiger partial charge in [0.25, 0.3) is 5.56 Å². The summed E-state index contributed by atoms with van der Waals surface area (Å²) >= 11 is 0. The number of ether oxygens (including phenoxy) is 3. The number of hydrogen-bond donors (Lipinski definition) is 2. The van der Waals surface area contributed by atoms with Crippen molar-refractivity contribution >= 4 is 0 Å². The predicted molar refractivity (Wildman–Crippen MR) is 87.1 cm³/mol. The van der Waals surface area contributed by atoms with Crippen LogP contribution in [0.15, 0.2) is 15.8 Å². The van der Waals surface area contributed by atoms with Gasteiger partial charge in [-0.1, -0.05) is 6.92 Å². The molecule has 8 nitrogen and oxygen atoms in total. The lowest BCUT2D eigenvalue weighted by Crippen LogP contribution is -2.42. The quantitative estimate of drug-likeness (QED) is 0.772. The number of H-pyrrole nitrogens is 1. The second-order valence-electron chi connectivity index (χ2n) is 6.19. The van der Waals surface area contributed by atoms with Crippen molar-refractivity contribution in [1.29, 1.82) is 0 Å². The number of rotatable bonds is 6. The molecule has 2 rings (SSSR count). The van der Waals surface area contributed by atoms with Gasteiger partial charge in [-0.2, -0.15) is 0 Å². The summed E-state index contributed by atoms with van der Waals surface area (Å²) in [7, 11) is 1.58. The molecule has 0 saturated carbocycles. The molecule has 2 N–H and O–H groups in total. The minimum absolute atomic E-state index is 0.187. The zero-order valence-electron chi connectivity index (χ0n) is 14.7. The van der Waals surface area contributed by atoms with Crippen molar-refractivity contribution in [3.05, 3.63) is 32.6 Å². The molecule has 8 heteroatoms. The monoisotopic (exact) mass is 342 g/mol. The maximum absolute atomic E-state index is 12.2. The van der Waals surface area contributed by atoms with Crippen LogP contribution in [0.25, 0.3) is 0 Å². The minimum Gasteiger partial charge on any atom is -0.388 e. The van der Waals surface area contributed by atoms with Crippen LogP contribution in [0.4, 0.5) is 0 Å². The Hall–Kier alpha value is -1.48. The molecule has 136 valence electrons. The summed E-state index contributed by atoms with van der Waals surface area (Å²) < 4.78 is 18.3. The van der Waals surface area contributed by atoms with E-state index in [1.807, 2.05) is 20.8 Å². The van der Waals surface area contributed by atoms with Crippen LogP contribution in [0.1, 0.15) is 39.0 Å². The van der Waals surface area contributed by atoms with Crippen LogP contribution in [0, 0.1) is 6.92 Å². The van der Waals surface area contributed by atoms with Gasteiger partial charge in [-0.05, 0) is 27.2 Å². The number of aromatic amines is 1. The van der Waals surface area contributed by atoms with Crippen molar-refractivity contribution in [2.24, 2.45) is 0 Å². The third kappa shape index (κ3) is 3.61. The Balaban J connectivity index is 2.36. The second-order valence-corrected chi connectivity index (χ2v) is 6.19. The van der Waals surface area contributed by atoms with E-state index in [9.17, 15) is 14.7 Å². The normalized spacial score (nSPS) is 29.6. The average molecular weight is 342 g/mol. The molecule has 0 spiro atoms. The van der Waals surface area contributed by atoms with Crippen molar-refractivity contribution < 1.29 is 19.3 Å². The zero-order valence-corrected chi connectivity index (χ0v) is 14.7. The highest BCUT2D eigenvalue weighted by atomic mass is 16.6. The molecule has 6 atom stereocenters. The van der Waals surface area contributed by atoms with Crippen molar-refractivity contribution in [3.8, 4) is 0 Å². The fourth-order valence-electron chi connectivity index (χ4n) is 2.75. The molecular weight excluding hydrogens is 316 g/mol. The summed E-state index contributed by atoms with van der Waals surface area (Å²) in [4.78, 5) is 26.0. The minimum atomic E-state index is -0.884. The van der Waals surface area contributed by atoms with E-state index in [0.717, 1.165) is 0 Å². The second kappa shape index (κ2) is 7.60. The van der Waals surface area contributed by atoms with Gasteiger partial charge in [-0.3, -0.25) is 14.3 Å². The van der Waals surface area contributed by atoms with Gasteiger partial charge >= 0.3 is 5.69 Å². The predicted octanol–water partition coefficient (Wildman–Crippen LogP) is 0.322. The molecule has 1 aliphatic rings. The third-order valence-electron chi connectivity index (χ3n) is 4.54. The van der Waals surface area contributed by atoms with Gasteiger partial charge in [0.15, 0.2) is 6.23 Å².